The van der Waals surface area contributed by atoms with Crippen molar-refractivity contribution in [3.05, 3.63) is 72.1 Å². The van der Waals surface area contributed by atoms with Gasteiger partial charge in [0, 0.05) is 24.7 Å². The summed E-state index contributed by atoms with van der Waals surface area (Å²) in [6.45, 7) is 2.99. The molecule has 1 aliphatic rings. The molecular formula is C25H23F3N6O2. The molecule has 2 aromatic carbocycles. The highest BCUT2D eigenvalue weighted by Gasteiger charge is 2.38. The Labute approximate surface area is 204 Å². The smallest absolute Gasteiger partial charge is 0.453 e. The summed E-state index contributed by atoms with van der Waals surface area (Å²) in [5, 5.41) is 13.8. The van der Waals surface area contributed by atoms with Crippen molar-refractivity contribution in [2.75, 3.05) is 23.3 Å². The molecule has 5 rings (SSSR count). The van der Waals surface area contributed by atoms with Gasteiger partial charge in [-0.15, -0.1) is 15.3 Å². The van der Waals surface area contributed by atoms with Gasteiger partial charge >= 0.3 is 6.18 Å². The van der Waals surface area contributed by atoms with Gasteiger partial charge in [-0.1, -0.05) is 17.7 Å². The topological polar surface area (TPSA) is 84.6 Å². The average molecular weight is 496 g/mol. The summed E-state index contributed by atoms with van der Waals surface area (Å²) in [5.41, 5.74) is 1.84. The molecule has 0 bridgehead atoms. The first kappa shape index (κ1) is 23.6. The normalized spacial score (nSPS) is 14.7. The second kappa shape index (κ2) is 9.48. The number of alkyl halides is 3. The Hall–Kier alpha value is -4.15. The second-order valence-electron chi connectivity index (χ2n) is 8.67. The molecule has 0 saturated carbocycles. The van der Waals surface area contributed by atoms with E-state index >= 15 is 0 Å². The van der Waals surface area contributed by atoms with Crippen molar-refractivity contribution >= 4 is 23.1 Å². The van der Waals surface area contributed by atoms with E-state index in [2.05, 4.69) is 20.6 Å². The summed E-state index contributed by atoms with van der Waals surface area (Å²) >= 11 is 0. The van der Waals surface area contributed by atoms with Gasteiger partial charge in [-0.05, 0) is 68.3 Å². The van der Waals surface area contributed by atoms with Crippen molar-refractivity contribution in [3.63, 3.8) is 0 Å². The predicted molar refractivity (Wildman–Crippen MR) is 127 cm³/mol. The zero-order valence-corrected chi connectivity index (χ0v) is 19.4. The van der Waals surface area contributed by atoms with E-state index in [4.69, 9.17) is 4.74 Å². The number of ether oxygens (including phenoxy) is 1. The zero-order valence-electron chi connectivity index (χ0n) is 19.4. The van der Waals surface area contributed by atoms with Crippen molar-refractivity contribution < 1.29 is 22.7 Å². The van der Waals surface area contributed by atoms with Crippen molar-refractivity contribution in [2.45, 2.75) is 25.9 Å². The quantitative estimate of drug-likeness (QED) is 0.414. The third-order valence-electron chi connectivity index (χ3n) is 6.07. The van der Waals surface area contributed by atoms with Gasteiger partial charge in [0.1, 0.15) is 17.3 Å². The number of piperidine rings is 1. The van der Waals surface area contributed by atoms with Crippen LogP contribution in [-0.4, -0.2) is 38.8 Å². The Morgan fingerprint density at radius 2 is 1.58 bits per heavy atom. The van der Waals surface area contributed by atoms with Crippen LogP contribution in [0.5, 0.6) is 11.5 Å². The number of rotatable bonds is 5. The fourth-order valence-electron chi connectivity index (χ4n) is 4.09. The number of nitrogens with one attached hydrogen (secondary N) is 1. The van der Waals surface area contributed by atoms with Gasteiger partial charge in [-0.25, -0.2) is 0 Å². The Morgan fingerprint density at radius 3 is 2.22 bits per heavy atom. The molecule has 4 aromatic rings. The van der Waals surface area contributed by atoms with Crippen LogP contribution in [0.15, 0.2) is 60.7 Å². The standard InChI is InChI=1S/C25H23F3N6O2/c1-16-2-6-19(7-3-16)36-20-8-4-18(5-9-20)29-23(35)17-12-14-33(15-13-17)22-11-10-21-30-31-24(25(26,27)28)34(21)32-22/h2-11,17H,12-15H2,1H3,(H,29,35). The third kappa shape index (κ3) is 5.09. The van der Waals surface area contributed by atoms with Crippen LogP contribution in [0.25, 0.3) is 5.65 Å². The van der Waals surface area contributed by atoms with Crippen molar-refractivity contribution in [1.29, 1.82) is 0 Å². The Morgan fingerprint density at radius 1 is 0.944 bits per heavy atom. The molecule has 3 heterocycles. The van der Waals surface area contributed by atoms with Crippen molar-refractivity contribution in [3.8, 4) is 11.5 Å². The molecule has 0 radical (unpaired) electrons. The maximum absolute atomic E-state index is 13.1. The maximum Gasteiger partial charge on any atom is 0.453 e. The number of anilines is 2. The number of aromatic nitrogens is 4. The van der Waals surface area contributed by atoms with E-state index in [1.165, 1.54) is 6.07 Å². The number of carbonyl (C=O) groups is 1. The van der Waals surface area contributed by atoms with E-state index in [0.717, 1.165) is 11.3 Å². The molecular weight excluding hydrogens is 473 g/mol. The first-order valence-corrected chi connectivity index (χ1v) is 11.5. The first-order chi connectivity index (χ1) is 17.3. The minimum atomic E-state index is -4.65. The summed E-state index contributed by atoms with van der Waals surface area (Å²) in [6.07, 6.45) is -3.55. The lowest BCUT2D eigenvalue weighted by Gasteiger charge is -2.32. The number of amides is 1. The molecule has 1 saturated heterocycles. The predicted octanol–water partition coefficient (Wildman–Crippen LogP) is 5.10. The molecule has 0 aliphatic carbocycles. The van der Waals surface area contributed by atoms with Crippen LogP contribution >= 0.6 is 0 Å². The lowest BCUT2D eigenvalue weighted by Crippen LogP contribution is -2.38. The molecule has 1 fully saturated rings. The third-order valence-corrected chi connectivity index (χ3v) is 6.07. The van der Waals surface area contributed by atoms with Gasteiger partial charge in [-0.3, -0.25) is 4.79 Å². The van der Waals surface area contributed by atoms with E-state index in [1.807, 2.05) is 36.1 Å². The highest BCUT2D eigenvalue weighted by atomic mass is 19.4. The van der Waals surface area contributed by atoms with Gasteiger partial charge in [0.2, 0.25) is 5.91 Å². The molecule has 1 N–H and O–H groups in total. The van der Waals surface area contributed by atoms with Crippen LogP contribution in [0, 0.1) is 12.8 Å². The SMILES string of the molecule is Cc1ccc(Oc2ccc(NC(=O)C3CCN(c4ccc5nnc(C(F)(F)F)n5n4)CC3)cc2)cc1. The highest BCUT2D eigenvalue weighted by molar-refractivity contribution is 5.92. The Balaban J connectivity index is 1.17. The lowest BCUT2D eigenvalue weighted by molar-refractivity contribution is -0.146. The van der Waals surface area contributed by atoms with E-state index in [0.29, 0.717) is 47.7 Å². The van der Waals surface area contributed by atoms with Crippen LogP contribution in [0.2, 0.25) is 0 Å². The number of nitrogens with zero attached hydrogens (tertiary/aromatic N) is 5. The summed E-state index contributed by atoms with van der Waals surface area (Å²) in [4.78, 5) is 14.7. The minimum Gasteiger partial charge on any atom is -0.457 e. The molecule has 0 unspecified atom stereocenters. The number of fused-ring (bicyclic) bond motifs is 1. The van der Waals surface area contributed by atoms with Crippen molar-refractivity contribution in [1.82, 2.24) is 19.8 Å². The number of aryl methyl sites for hydroxylation is 1. The number of carbonyl (C=O) groups excluding carboxylic acids is 1. The van der Waals surface area contributed by atoms with Crippen LogP contribution in [-0.2, 0) is 11.0 Å². The van der Waals surface area contributed by atoms with Gasteiger partial charge in [0.25, 0.3) is 5.82 Å². The largest absolute Gasteiger partial charge is 0.457 e. The average Bonchev–Trinajstić information content (AvgIpc) is 3.31. The van der Waals surface area contributed by atoms with Crippen molar-refractivity contribution in [2.24, 2.45) is 5.92 Å². The summed E-state index contributed by atoms with van der Waals surface area (Å²) < 4.78 is 46.0. The summed E-state index contributed by atoms with van der Waals surface area (Å²) in [6, 6.07) is 18.0. The number of hydrogen-bond donors (Lipinski definition) is 1. The second-order valence-corrected chi connectivity index (χ2v) is 8.67. The van der Waals surface area contributed by atoms with Gasteiger partial charge in [0.15, 0.2) is 5.65 Å². The minimum absolute atomic E-state index is 0.0237. The fraction of sp³-hybridized carbons (Fsp3) is 0.280. The van der Waals surface area contributed by atoms with Gasteiger partial charge in [-0.2, -0.15) is 17.7 Å². The summed E-state index contributed by atoms with van der Waals surface area (Å²) in [5.74, 6) is 0.311. The van der Waals surface area contributed by atoms with E-state index in [1.54, 1.807) is 30.3 Å². The van der Waals surface area contributed by atoms with Crippen LogP contribution in [0.3, 0.4) is 0 Å². The zero-order chi connectivity index (χ0) is 25.3. The molecule has 8 nitrogen and oxygen atoms in total. The molecule has 2 aromatic heterocycles. The molecule has 11 heteroatoms. The van der Waals surface area contributed by atoms with Crippen LogP contribution < -0.4 is 15.0 Å². The maximum atomic E-state index is 13.1. The molecule has 1 amide bonds. The van der Waals surface area contributed by atoms with Crippen LogP contribution in [0.4, 0.5) is 24.7 Å². The summed E-state index contributed by atoms with van der Waals surface area (Å²) in [7, 11) is 0. The van der Waals surface area contributed by atoms with E-state index in [-0.39, 0.29) is 17.5 Å². The van der Waals surface area contributed by atoms with Gasteiger partial charge in [0.05, 0.1) is 0 Å². The number of hydrogen-bond acceptors (Lipinski definition) is 6. The highest BCUT2D eigenvalue weighted by Crippen LogP contribution is 2.29. The molecule has 186 valence electrons. The molecule has 1 aliphatic heterocycles. The van der Waals surface area contributed by atoms with Gasteiger partial charge < -0.3 is 15.0 Å². The monoisotopic (exact) mass is 496 g/mol. The number of benzene rings is 2. The number of halogens is 3. The Kier molecular flexibility index (Phi) is 6.21. The first-order valence-electron chi connectivity index (χ1n) is 11.5. The molecule has 36 heavy (non-hydrogen) atoms. The van der Waals surface area contributed by atoms with E-state index < -0.39 is 12.0 Å². The molecule has 0 spiro atoms. The molecule has 0 atom stereocenters. The fourth-order valence-corrected chi connectivity index (χ4v) is 4.09. The lowest BCUT2D eigenvalue weighted by atomic mass is 9.96. The Bertz CT molecular complexity index is 1360. The van der Waals surface area contributed by atoms with E-state index in [9.17, 15) is 18.0 Å². The van der Waals surface area contributed by atoms with Crippen LogP contribution in [0.1, 0.15) is 24.2 Å².